The summed E-state index contributed by atoms with van der Waals surface area (Å²) in [5.41, 5.74) is 1.79. The number of nitrogens with zero attached hydrogens (tertiary/aromatic N) is 1. The Balaban J connectivity index is 1.58. The average Bonchev–Trinajstić information content (AvgIpc) is 3.06. The van der Waals surface area contributed by atoms with Gasteiger partial charge in [0, 0.05) is 25.4 Å². The molecular formula is C20H23NO3. The van der Waals surface area contributed by atoms with E-state index in [-0.39, 0.29) is 17.6 Å². The Labute approximate surface area is 142 Å². The van der Waals surface area contributed by atoms with Gasteiger partial charge < -0.3 is 9.32 Å². The summed E-state index contributed by atoms with van der Waals surface area (Å²) >= 11 is 0. The van der Waals surface area contributed by atoms with Crippen molar-refractivity contribution in [3.05, 3.63) is 59.5 Å². The standard InChI is InChI=1S/C20H23NO3/c1-15-18(11-13-24-15)20(23)21-12-5-8-17(14-21)19(22)10-9-16-6-3-2-4-7-16/h2-4,6-7,11,13,17H,5,8-10,12,14H2,1H3. The number of hydrogen-bond donors (Lipinski definition) is 0. The minimum Gasteiger partial charge on any atom is -0.469 e. The van der Waals surface area contributed by atoms with Gasteiger partial charge in [0.25, 0.3) is 5.91 Å². The van der Waals surface area contributed by atoms with Crippen LogP contribution in [0.1, 0.15) is 40.9 Å². The van der Waals surface area contributed by atoms with Crippen molar-refractivity contribution in [1.29, 1.82) is 0 Å². The summed E-state index contributed by atoms with van der Waals surface area (Å²) < 4.78 is 5.22. The van der Waals surface area contributed by atoms with Crippen LogP contribution in [0, 0.1) is 12.8 Å². The first kappa shape index (κ1) is 16.5. The number of Topliss-reactive ketones (excluding diaryl/α,β-unsaturated/α-hetero) is 1. The average molecular weight is 325 g/mol. The monoisotopic (exact) mass is 325 g/mol. The molecule has 4 nitrogen and oxygen atoms in total. The molecule has 2 heterocycles. The van der Waals surface area contributed by atoms with E-state index >= 15 is 0 Å². The van der Waals surface area contributed by atoms with Crippen LogP contribution in [0.2, 0.25) is 0 Å². The van der Waals surface area contributed by atoms with Crippen LogP contribution in [0.25, 0.3) is 0 Å². The van der Waals surface area contributed by atoms with Gasteiger partial charge in [0.05, 0.1) is 11.8 Å². The van der Waals surface area contributed by atoms with Gasteiger partial charge in [-0.05, 0) is 37.8 Å². The van der Waals surface area contributed by atoms with Crippen molar-refractivity contribution >= 4 is 11.7 Å². The number of amides is 1. The second-order valence-corrected chi connectivity index (χ2v) is 6.43. The SMILES string of the molecule is Cc1occc1C(=O)N1CCCC(C(=O)CCc2ccccc2)C1. The lowest BCUT2D eigenvalue weighted by atomic mass is 9.90. The van der Waals surface area contributed by atoms with E-state index in [0.29, 0.717) is 30.8 Å². The predicted octanol–water partition coefficient (Wildman–Crippen LogP) is 3.64. The van der Waals surface area contributed by atoms with E-state index in [4.69, 9.17) is 4.42 Å². The Hall–Kier alpha value is -2.36. The molecule has 1 amide bonds. The highest BCUT2D eigenvalue weighted by molar-refractivity contribution is 5.95. The fourth-order valence-corrected chi connectivity index (χ4v) is 3.32. The van der Waals surface area contributed by atoms with E-state index in [1.807, 2.05) is 30.3 Å². The van der Waals surface area contributed by atoms with Gasteiger partial charge in [-0.3, -0.25) is 9.59 Å². The summed E-state index contributed by atoms with van der Waals surface area (Å²) in [6.07, 6.45) is 4.60. The first-order valence-corrected chi connectivity index (χ1v) is 8.55. The number of hydrogen-bond acceptors (Lipinski definition) is 3. The number of rotatable bonds is 5. The maximum atomic E-state index is 12.6. The number of carbonyl (C=O) groups excluding carboxylic acids is 2. The van der Waals surface area contributed by atoms with Crippen LogP contribution in [0.4, 0.5) is 0 Å². The molecule has 0 spiro atoms. The third kappa shape index (κ3) is 3.75. The largest absolute Gasteiger partial charge is 0.469 e. The van der Waals surface area contributed by atoms with Gasteiger partial charge in [-0.15, -0.1) is 0 Å². The van der Waals surface area contributed by atoms with Crippen molar-refractivity contribution < 1.29 is 14.0 Å². The van der Waals surface area contributed by atoms with Crippen molar-refractivity contribution in [2.75, 3.05) is 13.1 Å². The molecule has 1 aromatic heterocycles. The Bertz CT molecular complexity index is 705. The summed E-state index contributed by atoms with van der Waals surface area (Å²) in [6, 6.07) is 11.8. The normalized spacial score (nSPS) is 17.7. The van der Waals surface area contributed by atoms with Crippen LogP contribution in [-0.4, -0.2) is 29.7 Å². The minimum absolute atomic E-state index is 0.0261. The molecule has 0 saturated carbocycles. The highest BCUT2D eigenvalue weighted by Gasteiger charge is 2.29. The summed E-state index contributed by atoms with van der Waals surface area (Å²) in [6.45, 7) is 3.03. The number of piperidine rings is 1. The molecule has 1 atom stereocenters. The van der Waals surface area contributed by atoms with Gasteiger partial charge in [-0.25, -0.2) is 0 Å². The molecule has 126 valence electrons. The lowest BCUT2D eigenvalue weighted by molar-refractivity contribution is -0.124. The molecule has 1 saturated heterocycles. The molecule has 1 unspecified atom stereocenters. The Kier molecular flexibility index (Phi) is 5.14. The Morgan fingerprint density at radius 3 is 2.71 bits per heavy atom. The number of benzene rings is 1. The number of furan rings is 1. The lowest BCUT2D eigenvalue weighted by Gasteiger charge is -2.32. The summed E-state index contributed by atoms with van der Waals surface area (Å²) in [7, 11) is 0. The summed E-state index contributed by atoms with van der Waals surface area (Å²) in [5.74, 6) is 0.832. The molecular weight excluding hydrogens is 302 g/mol. The van der Waals surface area contributed by atoms with Crippen LogP contribution in [0.5, 0.6) is 0 Å². The predicted molar refractivity (Wildman–Crippen MR) is 91.8 cm³/mol. The van der Waals surface area contributed by atoms with Gasteiger partial charge in [0.1, 0.15) is 11.5 Å². The molecule has 24 heavy (non-hydrogen) atoms. The van der Waals surface area contributed by atoms with Crippen molar-refractivity contribution in [2.45, 2.75) is 32.6 Å². The number of aryl methyl sites for hydroxylation is 2. The number of likely N-dealkylation sites (tertiary alicyclic amines) is 1. The molecule has 1 aromatic carbocycles. The molecule has 1 fully saturated rings. The van der Waals surface area contributed by atoms with E-state index in [1.165, 1.54) is 11.8 Å². The van der Waals surface area contributed by atoms with Gasteiger partial charge >= 0.3 is 0 Å². The van der Waals surface area contributed by atoms with Crippen LogP contribution in [0.15, 0.2) is 47.1 Å². The molecule has 4 heteroatoms. The molecule has 3 rings (SSSR count). The van der Waals surface area contributed by atoms with Crippen LogP contribution >= 0.6 is 0 Å². The van der Waals surface area contributed by atoms with E-state index in [0.717, 1.165) is 19.3 Å². The van der Waals surface area contributed by atoms with Crippen molar-refractivity contribution in [3.8, 4) is 0 Å². The number of ketones is 1. The quantitative estimate of drug-likeness (QED) is 0.843. The fraction of sp³-hybridized carbons (Fsp3) is 0.400. The lowest BCUT2D eigenvalue weighted by Crippen LogP contribution is -2.42. The highest BCUT2D eigenvalue weighted by Crippen LogP contribution is 2.22. The number of carbonyl (C=O) groups is 2. The maximum absolute atomic E-state index is 12.6. The van der Waals surface area contributed by atoms with E-state index in [2.05, 4.69) is 0 Å². The van der Waals surface area contributed by atoms with Gasteiger partial charge in [0.15, 0.2) is 0 Å². The zero-order valence-electron chi connectivity index (χ0n) is 14.0. The minimum atomic E-state index is -0.0429. The van der Waals surface area contributed by atoms with Gasteiger partial charge in [0.2, 0.25) is 0 Å². The second-order valence-electron chi connectivity index (χ2n) is 6.43. The molecule has 0 N–H and O–H groups in total. The third-order valence-corrected chi connectivity index (χ3v) is 4.76. The van der Waals surface area contributed by atoms with E-state index in [1.54, 1.807) is 17.9 Å². The Morgan fingerprint density at radius 1 is 1.21 bits per heavy atom. The molecule has 1 aliphatic heterocycles. The maximum Gasteiger partial charge on any atom is 0.257 e. The first-order chi connectivity index (χ1) is 11.6. The zero-order valence-corrected chi connectivity index (χ0v) is 14.0. The van der Waals surface area contributed by atoms with E-state index < -0.39 is 0 Å². The second kappa shape index (κ2) is 7.47. The fourth-order valence-electron chi connectivity index (χ4n) is 3.32. The first-order valence-electron chi connectivity index (χ1n) is 8.55. The van der Waals surface area contributed by atoms with Crippen LogP contribution in [-0.2, 0) is 11.2 Å². The van der Waals surface area contributed by atoms with Gasteiger partial charge in [-0.2, -0.15) is 0 Å². The summed E-state index contributed by atoms with van der Waals surface area (Å²) in [5, 5.41) is 0. The Morgan fingerprint density at radius 2 is 2.00 bits per heavy atom. The van der Waals surface area contributed by atoms with Crippen LogP contribution < -0.4 is 0 Å². The van der Waals surface area contributed by atoms with Crippen LogP contribution in [0.3, 0.4) is 0 Å². The molecule has 1 aliphatic rings. The molecule has 0 aliphatic carbocycles. The third-order valence-electron chi connectivity index (χ3n) is 4.76. The highest BCUT2D eigenvalue weighted by atomic mass is 16.3. The molecule has 0 bridgehead atoms. The van der Waals surface area contributed by atoms with Crippen molar-refractivity contribution in [1.82, 2.24) is 4.90 Å². The molecule has 2 aromatic rings. The topological polar surface area (TPSA) is 50.5 Å². The van der Waals surface area contributed by atoms with Gasteiger partial charge in [-0.1, -0.05) is 30.3 Å². The molecule has 0 radical (unpaired) electrons. The smallest absolute Gasteiger partial charge is 0.257 e. The van der Waals surface area contributed by atoms with E-state index in [9.17, 15) is 9.59 Å². The van der Waals surface area contributed by atoms with Crippen molar-refractivity contribution in [3.63, 3.8) is 0 Å². The van der Waals surface area contributed by atoms with Crippen molar-refractivity contribution in [2.24, 2.45) is 5.92 Å². The zero-order chi connectivity index (χ0) is 16.9. The summed E-state index contributed by atoms with van der Waals surface area (Å²) in [4.78, 5) is 26.9.